The molecule has 6 nitrogen and oxygen atoms in total. The van der Waals surface area contributed by atoms with Gasteiger partial charge in [-0.05, 0) is 31.5 Å². The molecule has 1 aromatic carbocycles. The zero-order chi connectivity index (χ0) is 18.4. The van der Waals surface area contributed by atoms with Crippen molar-refractivity contribution in [3.8, 4) is 0 Å². The summed E-state index contributed by atoms with van der Waals surface area (Å²) in [4.78, 5) is 28.2. The highest BCUT2D eigenvalue weighted by molar-refractivity contribution is 5.93. The lowest BCUT2D eigenvalue weighted by Crippen LogP contribution is -2.46. The van der Waals surface area contributed by atoms with Crippen molar-refractivity contribution in [2.45, 2.75) is 33.2 Å². The Kier molecular flexibility index (Phi) is 5.24. The highest BCUT2D eigenvalue weighted by Gasteiger charge is 2.28. The first-order chi connectivity index (χ1) is 12.5. The number of carboxylic acids is 1. The van der Waals surface area contributed by atoms with Gasteiger partial charge >= 0.3 is 5.97 Å². The number of fused-ring (bicyclic) bond motifs is 1. The van der Waals surface area contributed by atoms with E-state index in [4.69, 9.17) is 0 Å². The number of carboxylic acid groups (broad SMARTS) is 1. The van der Waals surface area contributed by atoms with Crippen LogP contribution in [-0.2, 0) is 0 Å². The molecule has 7 heteroatoms. The molecule has 0 atom stereocenters. The second kappa shape index (κ2) is 7.31. The Morgan fingerprint density at radius 3 is 2.44 bits per heavy atom. The zero-order valence-electron chi connectivity index (χ0n) is 14.7. The number of halogens is 1. The summed E-state index contributed by atoms with van der Waals surface area (Å²) in [5.74, 6) is -1.74. The summed E-state index contributed by atoms with van der Waals surface area (Å²) in [7, 11) is 0. The van der Waals surface area contributed by atoms with Crippen LogP contribution in [0.1, 0.15) is 43.6 Å². The third kappa shape index (κ3) is 3.43. The standard InChI is InChI=1S/C19H22FN3O3.CH4/c1-2-21-5-7-22(8-6-21)17-10-16-13(9-15(17)20)18(24)14(19(25)26)11-23(16)12-3-4-12;/h9-12H,2-8H2,1H3,(H,25,26);1H4. The molecule has 1 saturated carbocycles. The Balaban J connectivity index is 0.00000210. The molecule has 27 heavy (non-hydrogen) atoms. The largest absolute Gasteiger partial charge is 0.477 e. The number of carbonyl (C=O) groups is 1. The number of aromatic nitrogens is 1. The third-order valence-corrected chi connectivity index (χ3v) is 5.43. The molecule has 4 rings (SSSR count). The Morgan fingerprint density at radius 2 is 1.89 bits per heavy atom. The van der Waals surface area contributed by atoms with Gasteiger partial charge in [-0.25, -0.2) is 9.18 Å². The van der Waals surface area contributed by atoms with Crippen LogP contribution in [0.15, 0.2) is 23.1 Å². The molecule has 2 aliphatic rings. The smallest absolute Gasteiger partial charge is 0.341 e. The fourth-order valence-electron chi connectivity index (χ4n) is 3.71. The van der Waals surface area contributed by atoms with Crippen LogP contribution >= 0.6 is 0 Å². The van der Waals surface area contributed by atoms with Crippen LogP contribution in [0, 0.1) is 5.82 Å². The zero-order valence-corrected chi connectivity index (χ0v) is 14.7. The molecule has 146 valence electrons. The van der Waals surface area contributed by atoms with Gasteiger partial charge in [0.15, 0.2) is 0 Å². The van der Waals surface area contributed by atoms with Gasteiger partial charge in [-0.3, -0.25) is 4.79 Å². The monoisotopic (exact) mass is 375 g/mol. The van der Waals surface area contributed by atoms with Crippen molar-refractivity contribution in [1.29, 1.82) is 0 Å². The van der Waals surface area contributed by atoms with Crippen molar-refractivity contribution in [3.05, 3.63) is 39.9 Å². The number of nitrogens with zero attached hydrogens (tertiary/aromatic N) is 3. The number of likely N-dealkylation sites (N-methyl/N-ethyl adjacent to an activating group) is 1. The van der Waals surface area contributed by atoms with E-state index in [1.165, 1.54) is 12.3 Å². The van der Waals surface area contributed by atoms with Crippen LogP contribution < -0.4 is 10.3 Å². The molecule has 0 radical (unpaired) electrons. The second-order valence-electron chi connectivity index (χ2n) is 7.06. The predicted molar refractivity (Wildman–Crippen MR) is 104 cm³/mol. The van der Waals surface area contributed by atoms with Gasteiger partial charge in [0.2, 0.25) is 5.43 Å². The molecular weight excluding hydrogens is 349 g/mol. The lowest BCUT2D eigenvalue weighted by molar-refractivity contribution is 0.0695. The summed E-state index contributed by atoms with van der Waals surface area (Å²) in [5.41, 5.74) is 0.195. The number of anilines is 1. The SMILES string of the molecule is C.CCN1CCN(c2cc3c(cc2F)c(=O)c(C(=O)O)cn3C2CC2)CC1. The molecule has 1 N–H and O–H groups in total. The quantitative estimate of drug-likeness (QED) is 0.890. The van der Waals surface area contributed by atoms with Crippen LogP contribution in [0.3, 0.4) is 0 Å². The number of piperazine rings is 1. The van der Waals surface area contributed by atoms with Crippen LogP contribution in [-0.4, -0.2) is 53.3 Å². The first-order valence-corrected chi connectivity index (χ1v) is 9.08. The normalized spacial score (nSPS) is 17.8. The molecule has 1 aromatic heterocycles. The minimum absolute atomic E-state index is 0. The van der Waals surface area contributed by atoms with E-state index >= 15 is 0 Å². The van der Waals surface area contributed by atoms with Gasteiger partial charge in [0.25, 0.3) is 0 Å². The van der Waals surface area contributed by atoms with Crippen LogP contribution in [0.2, 0.25) is 0 Å². The van der Waals surface area contributed by atoms with Crippen molar-refractivity contribution in [3.63, 3.8) is 0 Å². The molecule has 0 spiro atoms. The molecule has 1 aliphatic carbocycles. The van der Waals surface area contributed by atoms with Gasteiger partial charge in [0.1, 0.15) is 11.4 Å². The topological polar surface area (TPSA) is 65.8 Å². The maximum atomic E-state index is 14.8. The van der Waals surface area contributed by atoms with E-state index in [1.807, 2.05) is 9.47 Å². The van der Waals surface area contributed by atoms with Gasteiger partial charge in [-0.2, -0.15) is 0 Å². The minimum Gasteiger partial charge on any atom is -0.477 e. The Labute approximate surface area is 157 Å². The maximum Gasteiger partial charge on any atom is 0.341 e. The number of pyridine rings is 1. The molecule has 2 heterocycles. The first-order valence-electron chi connectivity index (χ1n) is 9.08. The molecule has 1 saturated heterocycles. The lowest BCUT2D eigenvalue weighted by Gasteiger charge is -2.35. The highest BCUT2D eigenvalue weighted by Crippen LogP contribution is 2.38. The van der Waals surface area contributed by atoms with E-state index in [9.17, 15) is 19.1 Å². The number of benzene rings is 1. The number of hydrogen-bond acceptors (Lipinski definition) is 4. The van der Waals surface area contributed by atoms with Crippen molar-refractivity contribution in [2.24, 2.45) is 0 Å². The van der Waals surface area contributed by atoms with Crippen molar-refractivity contribution in [1.82, 2.24) is 9.47 Å². The summed E-state index contributed by atoms with van der Waals surface area (Å²) in [6.45, 7) is 6.31. The van der Waals surface area contributed by atoms with E-state index in [0.29, 0.717) is 11.2 Å². The third-order valence-electron chi connectivity index (χ3n) is 5.43. The molecule has 2 aromatic rings. The van der Waals surface area contributed by atoms with E-state index in [0.717, 1.165) is 45.6 Å². The number of hydrogen-bond donors (Lipinski definition) is 1. The summed E-state index contributed by atoms with van der Waals surface area (Å²) in [6, 6.07) is 3.12. The highest BCUT2D eigenvalue weighted by atomic mass is 19.1. The number of aromatic carboxylic acids is 1. The van der Waals surface area contributed by atoms with Crippen molar-refractivity contribution < 1.29 is 14.3 Å². The van der Waals surface area contributed by atoms with Gasteiger partial charge < -0.3 is 19.5 Å². The second-order valence-corrected chi connectivity index (χ2v) is 7.06. The van der Waals surface area contributed by atoms with Gasteiger partial charge in [-0.1, -0.05) is 14.4 Å². The summed E-state index contributed by atoms with van der Waals surface area (Å²) < 4.78 is 16.6. The molecule has 2 fully saturated rings. The molecule has 1 aliphatic heterocycles. The van der Waals surface area contributed by atoms with E-state index in [-0.39, 0.29) is 24.4 Å². The van der Waals surface area contributed by atoms with Crippen molar-refractivity contribution >= 4 is 22.6 Å². The fraction of sp³-hybridized carbons (Fsp3) is 0.500. The fourth-order valence-corrected chi connectivity index (χ4v) is 3.71. The van der Waals surface area contributed by atoms with Crippen LogP contribution in [0.5, 0.6) is 0 Å². The minimum atomic E-state index is -1.27. The Hall–Kier alpha value is -2.41. The van der Waals surface area contributed by atoms with Gasteiger partial charge in [0.05, 0.1) is 11.2 Å². The summed E-state index contributed by atoms with van der Waals surface area (Å²) in [6.07, 6.45) is 3.30. The molecule has 0 amide bonds. The molecule has 0 bridgehead atoms. The predicted octanol–water partition coefficient (Wildman–Crippen LogP) is 2.95. The maximum absolute atomic E-state index is 14.8. The summed E-state index contributed by atoms with van der Waals surface area (Å²) in [5, 5.41) is 9.45. The average Bonchev–Trinajstić information content (AvgIpc) is 3.47. The molecule has 0 unspecified atom stereocenters. The van der Waals surface area contributed by atoms with Crippen LogP contribution in [0.25, 0.3) is 10.9 Å². The average molecular weight is 375 g/mol. The lowest BCUT2D eigenvalue weighted by atomic mass is 10.1. The van der Waals surface area contributed by atoms with Gasteiger partial charge in [-0.15, -0.1) is 0 Å². The Morgan fingerprint density at radius 1 is 1.22 bits per heavy atom. The summed E-state index contributed by atoms with van der Waals surface area (Å²) >= 11 is 0. The van der Waals surface area contributed by atoms with Crippen LogP contribution in [0.4, 0.5) is 10.1 Å². The van der Waals surface area contributed by atoms with E-state index in [2.05, 4.69) is 11.8 Å². The van der Waals surface area contributed by atoms with Gasteiger partial charge in [0, 0.05) is 43.8 Å². The van der Waals surface area contributed by atoms with Crippen molar-refractivity contribution in [2.75, 3.05) is 37.6 Å². The Bertz CT molecular complexity index is 928. The number of rotatable bonds is 4. The van der Waals surface area contributed by atoms with E-state index < -0.39 is 17.2 Å². The molecular formula is C20H26FN3O3. The first kappa shape index (κ1) is 19.4. The van der Waals surface area contributed by atoms with E-state index in [1.54, 1.807) is 6.07 Å².